The zero-order valence-electron chi connectivity index (χ0n) is 16.6. The molecule has 0 spiro atoms. The molecule has 7 heteroatoms. The number of carbonyl (C=O) groups is 2. The molecule has 2 bridgehead atoms. The first-order valence-corrected chi connectivity index (χ1v) is 10.9. The number of nitrogens with zero attached hydrogens (tertiary/aromatic N) is 2. The second kappa shape index (κ2) is 7.70. The highest BCUT2D eigenvalue weighted by Crippen LogP contribution is 2.36. The van der Waals surface area contributed by atoms with Crippen molar-refractivity contribution in [3.63, 3.8) is 0 Å². The summed E-state index contributed by atoms with van der Waals surface area (Å²) in [6.45, 7) is 8.23. The van der Waals surface area contributed by atoms with Gasteiger partial charge in [-0.3, -0.25) is 14.4 Å². The van der Waals surface area contributed by atoms with Crippen LogP contribution in [0.1, 0.15) is 45.2 Å². The van der Waals surface area contributed by atoms with Crippen LogP contribution < -0.4 is 10.9 Å². The van der Waals surface area contributed by atoms with E-state index in [1.807, 2.05) is 17.2 Å². The molecule has 0 aromatic carbocycles. The number of amides is 2. The zero-order chi connectivity index (χ0) is 19.8. The Labute approximate surface area is 164 Å². The van der Waals surface area contributed by atoms with Gasteiger partial charge < -0.3 is 14.8 Å². The van der Waals surface area contributed by atoms with Gasteiger partial charge in [-0.1, -0.05) is 20.8 Å². The highest BCUT2D eigenvalue weighted by molar-refractivity contribution is 7.99. The van der Waals surface area contributed by atoms with Gasteiger partial charge in [0.1, 0.15) is 5.69 Å². The van der Waals surface area contributed by atoms with Crippen molar-refractivity contribution < 1.29 is 9.59 Å². The SMILES string of the molecule is CSCC(=O)Nc1ccc2n(c1=O)C[C@H]1C[C@@H]2CN(C(=O)CC(C)(C)C)C1. The number of thioether (sulfide) groups is 1. The van der Waals surface area contributed by atoms with Crippen LogP contribution >= 0.6 is 11.8 Å². The summed E-state index contributed by atoms with van der Waals surface area (Å²) in [6, 6.07) is 3.65. The Bertz CT molecular complexity index is 797. The van der Waals surface area contributed by atoms with Crippen LogP contribution in [0, 0.1) is 11.3 Å². The molecule has 1 fully saturated rings. The summed E-state index contributed by atoms with van der Waals surface area (Å²) in [7, 11) is 0. The lowest BCUT2D eigenvalue weighted by molar-refractivity contribution is -0.135. The summed E-state index contributed by atoms with van der Waals surface area (Å²) in [5, 5.41) is 2.72. The van der Waals surface area contributed by atoms with Gasteiger partial charge in [0.2, 0.25) is 11.8 Å². The van der Waals surface area contributed by atoms with E-state index in [1.165, 1.54) is 11.8 Å². The first kappa shape index (κ1) is 20.0. The van der Waals surface area contributed by atoms with Crippen LogP contribution in [0.25, 0.3) is 0 Å². The Morgan fingerprint density at radius 3 is 2.63 bits per heavy atom. The number of likely N-dealkylation sites (tertiary alicyclic amines) is 1. The Morgan fingerprint density at radius 1 is 1.22 bits per heavy atom. The van der Waals surface area contributed by atoms with Crippen LogP contribution in [0.15, 0.2) is 16.9 Å². The number of hydrogen-bond donors (Lipinski definition) is 1. The van der Waals surface area contributed by atoms with E-state index in [1.54, 1.807) is 10.6 Å². The third kappa shape index (κ3) is 4.57. The zero-order valence-corrected chi connectivity index (χ0v) is 17.4. The van der Waals surface area contributed by atoms with Crippen molar-refractivity contribution in [2.45, 2.75) is 46.1 Å². The fourth-order valence-corrected chi connectivity index (χ4v) is 4.46. The minimum atomic E-state index is -0.157. The molecular weight excluding hydrogens is 362 g/mol. The van der Waals surface area contributed by atoms with Crippen LogP contribution in [-0.2, 0) is 16.1 Å². The third-order valence-electron chi connectivity index (χ3n) is 5.19. The van der Waals surface area contributed by atoms with Crippen molar-refractivity contribution >= 4 is 29.3 Å². The molecule has 3 rings (SSSR count). The molecule has 0 radical (unpaired) electrons. The summed E-state index contributed by atoms with van der Waals surface area (Å²) in [6.07, 6.45) is 3.41. The number of aromatic nitrogens is 1. The second-order valence-electron chi connectivity index (χ2n) is 8.90. The number of anilines is 1. The van der Waals surface area contributed by atoms with Crippen LogP contribution in [0.3, 0.4) is 0 Å². The average molecular weight is 392 g/mol. The predicted octanol–water partition coefficient (Wildman–Crippen LogP) is 2.53. The maximum absolute atomic E-state index is 12.8. The van der Waals surface area contributed by atoms with E-state index >= 15 is 0 Å². The molecule has 2 aliphatic rings. The summed E-state index contributed by atoms with van der Waals surface area (Å²) in [5.74, 6) is 0.848. The molecule has 2 amide bonds. The van der Waals surface area contributed by atoms with E-state index in [2.05, 4.69) is 26.1 Å². The molecule has 1 aromatic heterocycles. The third-order valence-corrected chi connectivity index (χ3v) is 5.74. The van der Waals surface area contributed by atoms with E-state index in [-0.39, 0.29) is 34.6 Å². The van der Waals surface area contributed by atoms with Gasteiger partial charge in [-0.25, -0.2) is 0 Å². The largest absolute Gasteiger partial charge is 0.342 e. The van der Waals surface area contributed by atoms with Crippen molar-refractivity contribution in [3.8, 4) is 0 Å². The normalized spacial score (nSPS) is 21.6. The van der Waals surface area contributed by atoms with Crippen LogP contribution in [-0.4, -0.2) is 46.4 Å². The number of rotatable bonds is 4. The molecule has 0 unspecified atom stereocenters. The summed E-state index contributed by atoms with van der Waals surface area (Å²) < 4.78 is 1.80. The van der Waals surface area contributed by atoms with Crippen LogP contribution in [0.4, 0.5) is 5.69 Å². The van der Waals surface area contributed by atoms with Crippen molar-refractivity contribution in [1.29, 1.82) is 0 Å². The van der Waals surface area contributed by atoms with Gasteiger partial charge in [-0.2, -0.15) is 11.8 Å². The molecule has 1 saturated heterocycles. The Hall–Kier alpha value is -1.76. The van der Waals surface area contributed by atoms with Gasteiger partial charge in [0.15, 0.2) is 0 Å². The van der Waals surface area contributed by atoms with Crippen LogP contribution in [0.2, 0.25) is 0 Å². The second-order valence-corrected chi connectivity index (χ2v) is 9.77. The molecule has 148 valence electrons. The first-order chi connectivity index (χ1) is 12.7. The average Bonchev–Trinajstić information content (AvgIpc) is 2.56. The minimum absolute atomic E-state index is 0.0254. The number of carbonyl (C=O) groups excluding carboxylic acids is 2. The molecule has 0 saturated carbocycles. The quantitative estimate of drug-likeness (QED) is 0.856. The molecule has 6 nitrogen and oxygen atoms in total. The lowest BCUT2D eigenvalue weighted by Gasteiger charge is -2.43. The van der Waals surface area contributed by atoms with Gasteiger partial charge in [-0.15, -0.1) is 0 Å². The molecule has 0 aliphatic carbocycles. The monoisotopic (exact) mass is 391 g/mol. The number of hydrogen-bond acceptors (Lipinski definition) is 4. The number of nitrogens with one attached hydrogen (secondary N) is 1. The summed E-state index contributed by atoms with van der Waals surface area (Å²) in [5.41, 5.74) is 1.17. The molecule has 1 N–H and O–H groups in total. The molecule has 2 aliphatic heterocycles. The summed E-state index contributed by atoms with van der Waals surface area (Å²) in [4.78, 5) is 39.3. The maximum Gasteiger partial charge on any atom is 0.274 e. The van der Waals surface area contributed by atoms with Crippen molar-refractivity contribution in [2.24, 2.45) is 11.3 Å². The van der Waals surface area contributed by atoms with E-state index in [9.17, 15) is 14.4 Å². The van der Waals surface area contributed by atoms with Gasteiger partial charge in [0.05, 0.1) is 5.75 Å². The predicted molar refractivity (Wildman–Crippen MR) is 109 cm³/mol. The summed E-state index contributed by atoms with van der Waals surface area (Å²) >= 11 is 1.43. The minimum Gasteiger partial charge on any atom is -0.342 e. The van der Waals surface area contributed by atoms with Crippen LogP contribution in [0.5, 0.6) is 0 Å². The van der Waals surface area contributed by atoms with Gasteiger partial charge in [0, 0.05) is 37.7 Å². The molecule has 3 heterocycles. The van der Waals surface area contributed by atoms with Crippen molar-refractivity contribution in [1.82, 2.24) is 9.47 Å². The first-order valence-electron chi connectivity index (χ1n) is 9.48. The van der Waals surface area contributed by atoms with Crippen molar-refractivity contribution in [3.05, 3.63) is 28.2 Å². The molecule has 2 atom stereocenters. The van der Waals surface area contributed by atoms with Gasteiger partial charge in [0.25, 0.3) is 5.56 Å². The van der Waals surface area contributed by atoms with Gasteiger partial charge >= 0.3 is 0 Å². The number of fused-ring (bicyclic) bond motifs is 4. The Balaban J connectivity index is 1.80. The molecular formula is C20H29N3O3S. The van der Waals surface area contributed by atoms with E-state index < -0.39 is 0 Å². The maximum atomic E-state index is 12.8. The topological polar surface area (TPSA) is 71.4 Å². The number of piperidine rings is 1. The highest BCUT2D eigenvalue weighted by Gasteiger charge is 2.37. The lowest BCUT2D eigenvalue weighted by Crippen LogP contribution is -2.49. The molecule has 1 aromatic rings. The van der Waals surface area contributed by atoms with Crippen molar-refractivity contribution in [2.75, 3.05) is 30.4 Å². The highest BCUT2D eigenvalue weighted by atomic mass is 32.2. The van der Waals surface area contributed by atoms with E-state index in [4.69, 9.17) is 0 Å². The van der Waals surface area contributed by atoms with Gasteiger partial charge in [-0.05, 0) is 36.1 Å². The van der Waals surface area contributed by atoms with E-state index in [0.29, 0.717) is 37.5 Å². The Kier molecular flexibility index (Phi) is 5.70. The smallest absolute Gasteiger partial charge is 0.274 e. The Morgan fingerprint density at radius 2 is 1.96 bits per heavy atom. The molecule has 27 heavy (non-hydrogen) atoms. The number of pyridine rings is 1. The fourth-order valence-electron chi connectivity index (χ4n) is 4.13. The fraction of sp³-hybridized carbons (Fsp3) is 0.650. The standard InChI is InChI=1S/C20H29N3O3S/c1-20(2,3)8-18(25)22-9-13-7-14(11-22)16-6-5-15(19(26)23(16)10-13)21-17(24)12-27-4/h5-6,13-14H,7-12H2,1-4H3,(H,21,24)/t13-,14+/m0/s1. The lowest BCUT2D eigenvalue weighted by atomic mass is 9.82. The van der Waals surface area contributed by atoms with E-state index in [0.717, 1.165) is 12.1 Å².